The Hall–Kier alpha value is -3.31. The molecular formula is C27H31F3N2O6. The predicted octanol–water partition coefficient (Wildman–Crippen LogP) is 4.04. The fraction of sp³-hybridized carbons (Fsp3) is 0.481. The Kier molecular flexibility index (Phi) is 8.17. The van der Waals surface area contributed by atoms with E-state index in [1.165, 1.54) is 25.3 Å². The van der Waals surface area contributed by atoms with Crippen LogP contribution in [-0.2, 0) is 19.8 Å². The standard InChI is InChI=1S/C27H31F3N2O6/c1-32(14-17-37-21-4-3-5-22(18-21)38-27(28,29)30)26(12-15-36-16-13-26)24(34)31-25(10-11-25)20-8-6-19(7-9-20)23(33)35-2/h3-9,18H,10-17H2,1-2H3,(H,31,34). The number of esters is 1. The lowest BCUT2D eigenvalue weighted by molar-refractivity contribution is -0.274. The molecule has 1 saturated heterocycles. The highest BCUT2D eigenvalue weighted by atomic mass is 19.4. The number of hydrogen-bond donors (Lipinski definition) is 1. The molecule has 38 heavy (non-hydrogen) atoms. The second-order valence-corrected chi connectivity index (χ2v) is 9.54. The van der Waals surface area contributed by atoms with Crippen LogP contribution in [0.4, 0.5) is 13.2 Å². The lowest BCUT2D eigenvalue weighted by Gasteiger charge is -2.43. The average molecular weight is 537 g/mol. The SMILES string of the molecule is COC(=O)c1ccc(C2(NC(=O)C3(N(C)CCOc4cccc(OC(F)(F)F)c4)CCOCC3)CC2)cc1. The number of halogens is 3. The van der Waals surface area contributed by atoms with E-state index in [1.54, 1.807) is 18.2 Å². The highest BCUT2D eigenvalue weighted by Gasteiger charge is 2.51. The Labute approximate surface area is 219 Å². The van der Waals surface area contributed by atoms with Gasteiger partial charge in [-0.2, -0.15) is 0 Å². The van der Waals surface area contributed by atoms with E-state index in [0.29, 0.717) is 38.2 Å². The number of carbonyl (C=O) groups excluding carboxylic acids is 2. The third-order valence-corrected chi connectivity index (χ3v) is 7.17. The molecule has 1 N–H and O–H groups in total. The van der Waals surface area contributed by atoms with E-state index in [4.69, 9.17) is 14.2 Å². The summed E-state index contributed by atoms with van der Waals surface area (Å²) in [5, 5.41) is 3.26. The molecule has 8 nitrogen and oxygen atoms in total. The zero-order chi connectivity index (χ0) is 27.4. The van der Waals surface area contributed by atoms with Crippen molar-refractivity contribution in [1.82, 2.24) is 10.2 Å². The van der Waals surface area contributed by atoms with E-state index >= 15 is 0 Å². The Morgan fingerprint density at radius 2 is 1.68 bits per heavy atom. The molecule has 1 aliphatic heterocycles. The van der Waals surface area contributed by atoms with Gasteiger partial charge < -0.3 is 24.3 Å². The molecule has 0 bridgehead atoms. The van der Waals surface area contributed by atoms with Gasteiger partial charge in [-0.15, -0.1) is 13.2 Å². The molecule has 1 amide bonds. The summed E-state index contributed by atoms with van der Waals surface area (Å²) in [6, 6.07) is 12.4. The molecule has 0 spiro atoms. The smallest absolute Gasteiger partial charge is 0.492 e. The molecule has 1 saturated carbocycles. The van der Waals surface area contributed by atoms with Crippen molar-refractivity contribution in [2.75, 3.05) is 40.5 Å². The van der Waals surface area contributed by atoms with Crippen molar-refractivity contribution in [3.8, 4) is 11.5 Å². The fourth-order valence-corrected chi connectivity index (χ4v) is 4.75. The van der Waals surface area contributed by atoms with Crippen LogP contribution in [0.2, 0.25) is 0 Å². The van der Waals surface area contributed by atoms with Gasteiger partial charge >= 0.3 is 12.3 Å². The third kappa shape index (κ3) is 6.39. The van der Waals surface area contributed by atoms with Crippen molar-refractivity contribution in [2.24, 2.45) is 0 Å². The van der Waals surface area contributed by atoms with E-state index < -0.39 is 23.4 Å². The molecule has 2 fully saturated rings. The maximum Gasteiger partial charge on any atom is 0.573 e. The molecule has 1 aliphatic carbocycles. The molecule has 11 heteroatoms. The summed E-state index contributed by atoms with van der Waals surface area (Å²) in [5.41, 5.74) is 0.0414. The van der Waals surface area contributed by atoms with Gasteiger partial charge in [-0.05, 0) is 62.6 Å². The molecule has 1 heterocycles. The van der Waals surface area contributed by atoms with Crippen LogP contribution in [0.1, 0.15) is 41.6 Å². The predicted molar refractivity (Wildman–Crippen MR) is 131 cm³/mol. The number of nitrogens with one attached hydrogen (secondary N) is 1. The van der Waals surface area contributed by atoms with Gasteiger partial charge in [-0.1, -0.05) is 18.2 Å². The normalized spacial score (nSPS) is 17.9. The van der Waals surface area contributed by atoms with Gasteiger partial charge in [-0.3, -0.25) is 9.69 Å². The van der Waals surface area contributed by atoms with Crippen LogP contribution in [0.5, 0.6) is 11.5 Å². The summed E-state index contributed by atoms with van der Waals surface area (Å²) in [4.78, 5) is 27.5. The number of amides is 1. The van der Waals surface area contributed by atoms with Crippen LogP contribution in [0, 0.1) is 0 Å². The Balaban J connectivity index is 1.41. The second-order valence-electron chi connectivity index (χ2n) is 9.54. The summed E-state index contributed by atoms with van der Waals surface area (Å²) >= 11 is 0. The first-order valence-electron chi connectivity index (χ1n) is 12.4. The highest BCUT2D eigenvalue weighted by molar-refractivity contribution is 5.89. The van der Waals surface area contributed by atoms with E-state index in [9.17, 15) is 22.8 Å². The van der Waals surface area contributed by atoms with Crippen molar-refractivity contribution in [2.45, 2.75) is 43.1 Å². The monoisotopic (exact) mass is 536 g/mol. The molecule has 4 rings (SSSR count). The molecule has 0 atom stereocenters. The molecule has 0 radical (unpaired) electrons. The van der Waals surface area contributed by atoms with Gasteiger partial charge in [0.25, 0.3) is 0 Å². The minimum Gasteiger partial charge on any atom is -0.492 e. The average Bonchev–Trinajstić information content (AvgIpc) is 3.68. The first kappa shape index (κ1) is 27.7. The first-order chi connectivity index (χ1) is 18.1. The van der Waals surface area contributed by atoms with Crippen molar-refractivity contribution in [1.29, 1.82) is 0 Å². The summed E-state index contributed by atoms with van der Waals surface area (Å²) in [6.07, 6.45) is -2.24. The van der Waals surface area contributed by atoms with Crippen LogP contribution < -0.4 is 14.8 Å². The first-order valence-corrected chi connectivity index (χ1v) is 12.4. The number of carbonyl (C=O) groups is 2. The maximum atomic E-state index is 13.8. The van der Waals surface area contributed by atoms with E-state index in [1.807, 2.05) is 24.1 Å². The Bertz CT molecular complexity index is 1130. The van der Waals surface area contributed by atoms with Crippen LogP contribution in [-0.4, -0.2) is 69.2 Å². The van der Waals surface area contributed by atoms with Gasteiger partial charge in [0.1, 0.15) is 23.6 Å². The third-order valence-electron chi connectivity index (χ3n) is 7.17. The van der Waals surface area contributed by atoms with Crippen LogP contribution >= 0.6 is 0 Å². The van der Waals surface area contributed by atoms with Crippen LogP contribution in [0.3, 0.4) is 0 Å². The maximum absolute atomic E-state index is 13.8. The molecule has 2 aromatic carbocycles. The minimum absolute atomic E-state index is 0.113. The Morgan fingerprint density at radius 1 is 1.03 bits per heavy atom. The number of methoxy groups -OCH3 is 1. The second kappa shape index (κ2) is 11.2. The number of benzene rings is 2. The number of hydrogen-bond acceptors (Lipinski definition) is 7. The van der Waals surface area contributed by atoms with Crippen molar-refractivity contribution >= 4 is 11.9 Å². The van der Waals surface area contributed by atoms with Crippen molar-refractivity contribution in [3.05, 3.63) is 59.7 Å². The molecule has 2 aromatic rings. The van der Waals surface area contributed by atoms with Gasteiger partial charge in [0, 0.05) is 25.8 Å². The van der Waals surface area contributed by atoms with E-state index in [0.717, 1.165) is 18.4 Å². The van der Waals surface area contributed by atoms with Gasteiger partial charge in [-0.25, -0.2) is 4.79 Å². The number of likely N-dealkylation sites (N-methyl/N-ethyl adjacent to an activating group) is 1. The lowest BCUT2D eigenvalue weighted by Crippen LogP contribution is -2.62. The zero-order valence-electron chi connectivity index (χ0n) is 21.3. The van der Waals surface area contributed by atoms with Crippen molar-refractivity contribution < 1.29 is 41.7 Å². The number of ether oxygens (including phenoxy) is 4. The number of nitrogens with zero attached hydrogens (tertiary/aromatic N) is 1. The fourth-order valence-electron chi connectivity index (χ4n) is 4.75. The topological polar surface area (TPSA) is 86.3 Å². The van der Waals surface area contributed by atoms with Gasteiger partial charge in [0.05, 0.1) is 18.2 Å². The summed E-state index contributed by atoms with van der Waals surface area (Å²) in [7, 11) is 3.16. The number of rotatable bonds is 10. The minimum atomic E-state index is -4.79. The molecule has 0 unspecified atom stereocenters. The number of alkyl halides is 3. The van der Waals surface area contributed by atoms with Gasteiger partial charge in [0.15, 0.2) is 0 Å². The molecule has 2 aliphatic rings. The quantitative estimate of drug-likeness (QED) is 0.459. The molecular weight excluding hydrogens is 505 g/mol. The van der Waals surface area contributed by atoms with Crippen LogP contribution in [0.15, 0.2) is 48.5 Å². The van der Waals surface area contributed by atoms with Crippen LogP contribution in [0.25, 0.3) is 0 Å². The van der Waals surface area contributed by atoms with Crippen molar-refractivity contribution in [3.63, 3.8) is 0 Å². The highest BCUT2D eigenvalue weighted by Crippen LogP contribution is 2.46. The van der Waals surface area contributed by atoms with E-state index in [-0.39, 0.29) is 24.0 Å². The largest absolute Gasteiger partial charge is 0.573 e. The molecule has 0 aromatic heterocycles. The summed E-state index contributed by atoms with van der Waals surface area (Å²) in [5.74, 6) is -0.663. The summed E-state index contributed by atoms with van der Waals surface area (Å²) < 4.78 is 57.5. The Morgan fingerprint density at radius 3 is 2.29 bits per heavy atom. The molecule has 206 valence electrons. The van der Waals surface area contributed by atoms with Gasteiger partial charge in [0.2, 0.25) is 5.91 Å². The van der Waals surface area contributed by atoms with E-state index in [2.05, 4.69) is 10.1 Å². The zero-order valence-corrected chi connectivity index (χ0v) is 21.3. The lowest BCUT2D eigenvalue weighted by atomic mass is 9.86. The summed E-state index contributed by atoms with van der Waals surface area (Å²) in [6.45, 7) is 1.37.